The molecule has 1 aromatic rings. The Balaban J connectivity index is 1.94. The van der Waals surface area contributed by atoms with Crippen LogP contribution in [0.1, 0.15) is 40.0 Å². The van der Waals surface area contributed by atoms with Gasteiger partial charge < -0.3 is 10.2 Å². The smallest absolute Gasteiger partial charge is 0.225 e. The molecule has 0 bridgehead atoms. The van der Waals surface area contributed by atoms with Crippen molar-refractivity contribution in [1.29, 1.82) is 0 Å². The second-order valence-electron chi connectivity index (χ2n) is 6.24. The first-order valence-corrected chi connectivity index (χ1v) is 7.55. The van der Waals surface area contributed by atoms with E-state index in [1.807, 2.05) is 26.1 Å². The molecule has 4 nitrogen and oxygen atoms in total. The zero-order valence-corrected chi connectivity index (χ0v) is 12.7. The summed E-state index contributed by atoms with van der Waals surface area (Å²) >= 11 is 0. The highest BCUT2D eigenvalue weighted by Crippen LogP contribution is 2.23. The van der Waals surface area contributed by atoms with Gasteiger partial charge in [-0.15, -0.1) is 0 Å². The van der Waals surface area contributed by atoms with E-state index in [9.17, 15) is 4.79 Å². The van der Waals surface area contributed by atoms with Crippen LogP contribution in [0, 0.1) is 11.8 Å². The van der Waals surface area contributed by atoms with Gasteiger partial charge in [-0.1, -0.05) is 20.8 Å². The maximum Gasteiger partial charge on any atom is 0.225 e. The highest BCUT2D eigenvalue weighted by atomic mass is 16.1. The molecule has 0 aromatic carbocycles. The first kappa shape index (κ1) is 14.8. The normalized spacial score (nSPS) is 19.2. The number of nitrogens with zero attached hydrogens (tertiary/aromatic N) is 2. The van der Waals surface area contributed by atoms with Crippen molar-refractivity contribution in [2.75, 3.05) is 23.3 Å². The van der Waals surface area contributed by atoms with Gasteiger partial charge in [0, 0.05) is 19.5 Å². The lowest BCUT2D eigenvalue weighted by atomic mass is 10.00. The molecule has 1 N–H and O–H groups in total. The highest BCUT2D eigenvalue weighted by Gasteiger charge is 2.16. The van der Waals surface area contributed by atoms with E-state index >= 15 is 0 Å². The average molecular weight is 275 g/mol. The zero-order valence-electron chi connectivity index (χ0n) is 12.7. The first-order chi connectivity index (χ1) is 9.54. The van der Waals surface area contributed by atoms with Crippen LogP contribution >= 0.6 is 0 Å². The van der Waals surface area contributed by atoms with Crippen molar-refractivity contribution in [1.82, 2.24) is 4.98 Å². The van der Waals surface area contributed by atoms with E-state index in [4.69, 9.17) is 0 Å². The predicted molar refractivity (Wildman–Crippen MR) is 82.9 cm³/mol. The van der Waals surface area contributed by atoms with Gasteiger partial charge in [0.05, 0.1) is 11.9 Å². The van der Waals surface area contributed by atoms with E-state index in [1.54, 1.807) is 0 Å². The van der Waals surface area contributed by atoms with E-state index in [-0.39, 0.29) is 5.91 Å². The molecule has 0 saturated carbocycles. The van der Waals surface area contributed by atoms with Gasteiger partial charge in [-0.2, -0.15) is 0 Å². The van der Waals surface area contributed by atoms with Crippen LogP contribution in [0.25, 0.3) is 0 Å². The van der Waals surface area contributed by atoms with Crippen LogP contribution < -0.4 is 10.2 Å². The molecule has 1 fully saturated rings. The Bertz CT molecular complexity index is 442. The summed E-state index contributed by atoms with van der Waals surface area (Å²) in [6.07, 6.45) is 4.96. The van der Waals surface area contributed by atoms with Crippen molar-refractivity contribution < 1.29 is 4.79 Å². The largest absolute Gasteiger partial charge is 0.370 e. The number of hydrogen-bond acceptors (Lipinski definition) is 3. The molecule has 110 valence electrons. The zero-order chi connectivity index (χ0) is 14.5. The Morgan fingerprint density at radius 2 is 2.30 bits per heavy atom. The summed E-state index contributed by atoms with van der Waals surface area (Å²) in [5.41, 5.74) is 1.15. The molecule has 4 heteroatoms. The number of hydrogen-bond donors (Lipinski definition) is 1. The topological polar surface area (TPSA) is 45.2 Å². The second-order valence-corrected chi connectivity index (χ2v) is 6.24. The van der Waals surface area contributed by atoms with Crippen LogP contribution in [0.3, 0.4) is 0 Å². The minimum absolute atomic E-state index is 0.0341. The molecule has 0 spiro atoms. The van der Waals surface area contributed by atoms with Crippen LogP contribution in [-0.2, 0) is 4.79 Å². The van der Waals surface area contributed by atoms with Crippen LogP contribution in [0.5, 0.6) is 0 Å². The molecule has 2 heterocycles. The minimum atomic E-state index is 0.0341. The number of carbonyl (C=O) groups excluding carboxylic acids is 1. The molecule has 1 atom stereocenters. The van der Waals surface area contributed by atoms with Crippen LogP contribution in [0.4, 0.5) is 11.5 Å². The van der Waals surface area contributed by atoms with Crippen molar-refractivity contribution in [3.8, 4) is 0 Å². The van der Waals surface area contributed by atoms with Gasteiger partial charge >= 0.3 is 0 Å². The SMILES string of the molecule is CC(C)CC(=O)Nc1ccc(N2CCCC(C)C2)cn1. The number of aromatic nitrogens is 1. The van der Waals surface area contributed by atoms with Gasteiger partial charge in [-0.05, 0) is 36.8 Å². The number of amides is 1. The standard InChI is InChI=1S/C16H25N3O/c1-12(2)9-16(20)18-15-7-6-14(10-17-15)19-8-4-5-13(3)11-19/h6-7,10,12-13H,4-5,8-9,11H2,1-3H3,(H,17,18,20). The van der Waals surface area contributed by atoms with Crippen molar-refractivity contribution in [3.05, 3.63) is 18.3 Å². The number of anilines is 2. The lowest BCUT2D eigenvalue weighted by Gasteiger charge is -2.32. The average Bonchev–Trinajstić information content (AvgIpc) is 2.38. The van der Waals surface area contributed by atoms with Crippen LogP contribution in [0.2, 0.25) is 0 Å². The molecule has 20 heavy (non-hydrogen) atoms. The summed E-state index contributed by atoms with van der Waals surface area (Å²) in [4.78, 5) is 18.4. The summed E-state index contributed by atoms with van der Waals surface area (Å²) in [5.74, 6) is 1.79. The fraction of sp³-hybridized carbons (Fsp3) is 0.625. The number of pyridine rings is 1. The maximum atomic E-state index is 11.7. The minimum Gasteiger partial charge on any atom is -0.370 e. The van der Waals surface area contributed by atoms with Gasteiger partial charge in [-0.25, -0.2) is 4.98 Å². The fourth-order valence-electron chi connectivity index (χ4n) is 2.64. The molecule has 1 saturated heterocycles. The molecule has 1 unspecified atom stereocenters. The monoisotopic (exact) mass is 275 g/mol. The second kappa shape index (κ2) is 6.73. The molecule has 1 aliphatic heterocycles. The summed E-state index contributed by atoms with van der Waals surface area (Å²) < 4.78 is 0. The third-order valence-corrected chi connectivity index (χ3v) is 3.63. The lowest BCUT2D eigenvalue weighted by Crippen LogP contribution is -2.34. The van der Waals surface area contributed by atoms with Crippen molar-refractivity contribution in [2.24, 2.45) is 11.8 Å². The van der Waals surface area contributed by atoms with Crippen molar-refractivity contribution in [3.63, 3.8) is 0 Å². The van der Waals surface area contributed by atoms with Gasteiger partial charge in [0.1, 0.15) is 5.82 Å². The van der Waals surface area contributed by atoms with Gasteiger partial charge in [0.15, 0.2) is 0 Å². The molecule has 0 radical (unpaired) electrons. The summed E-state index contributed by atoms with van der Waals surface area (Å²) in [7, 11) is 0. The number of piperidine rings is 1. The molecule has 0 aliphatic carbocycles. The Morgan fingerprint density at radius 1 is 1.50 bits per heavy atom. The summed E-state index contributed by atoms with van der Waals surface area (Å²) in [6.45, 7) is 8.56. The summed E-state index contributed by atoms with van der Waals surface area (Å²) in [5, 5.41) is 2.84. The third kappa shape index (κ3) is 4.22. The number of nitrogens with one attached hydrogen (secondary N) is 1. The predicted octanol–water partition coefficient (Wildman–Crippen LogP) is 3.30. The van der Waals surface area contributed by atoms with E-state index in [0.717, 1.165) is 24.7 Å². The molecule has 1 amide bonds. The third-order valence-electron chi connectivity index (χ3n) is 3.63. The van der Waals surface area contributed by atoms with Gasteiger partial charge in [-0.3, -0.25) is 4.79 Å². The molecule has 1 aliphatic rings. The van der Waals surface area contributed by atoms with Gasteiger partial charge in [0.2, 0.25) is 5.91 Å². The highest BCUT2D eigenvalue weighted by molar-refractivity contribution is 5.89. The Morgan fingerprint density at radius 3 is 2.90 bits per heavy atom. The Kier molecular flexibility index (Phi) is 4.99. The number of rotatable bonds is 4. The Labute approximate surface area is 121 Å². The van der Waals surface area contributed by atoms with Crippen molar-refractivity contribution in [2.45, 2.75) is 40.0 Å². The molecular formula is C16H25N3O. The van der Waals surface area contributed by atoms with E-state index < -0.39 is 0 Å². The first-order valence-electron chi connectivity index (χ1n) is 7.55. The van der Waals surface area contributed by atoms with Gasteiger partial charge in [0.25, 0.3) is 0 Å². The molecule has 2 rings (SSSR count). The summed E-state index contributed by atoms with van der Waals surface area (Å²) in [6, 6.07) is 3.95. The van der Waals surface area contributed by atoms with Crippen molar-refractivity contribution >= 4 is 17.4 Å². The molecule has 1 aromatic heterocycles. The van der Waals surface area contributed by atoms with Crippen LogP contribution in [0.15, 0.2) is 18.3 Å². The molecular weight excluding hydrogens is 250 g/mol. The fourth-order valence-corrected chi connectivity index (χ4v) is 2.64. The van der Waals surface area contributed by atoms with E-state index in [0.29, 0.717) is 18.2 Å². The van der Waals surface area contributed by atoms with E-state index in [2.05, 4.69) is 28.2 Å². The van der Waals surface area contributed by atoms with Crippen LogP contribution in [-0.4, -0.2) is 24.0 Å². The lowest BCUT2D eigenvalue weighted by molar-refractivity contribution is -0.116. The quantitative estimate of drug-likeness (QED) is 0.917. The Hall–Kier alpha value is -1.58. The number of carbonyl (C=O) groups is 1. The van der Waals surface area contributed by atoms with E-state index in [1.165, 1.54) is 12.8 Å². The maximum absolute atomic E-state index is 11.7.